The number of anilines is 2. The Balaban J connectivity index is 2.38. The lowest BCUT2D eigenvalue weighted by Gasteiger charge is -2.31. The summed E-state index contributed by atoms with van der Waals surface area (Å²) in [6.45, 7) is 1.88. The molecule has 0 saturated carbocycles. The third-order valence-corrected chi connectivity index (χ3v) is 3.30. The molecule has 0 aliphatic heterocycles. The number of carboxylic acids is 1. The molecule has 0 spiro atoms. The number of para-hydroxylation sites is 2. The minimum Gasteiger partial charge on any atom is -0.480 e. The van der Waals surface area contributed by atoms with Crippen molar-refractivity contribution in [1.29, 1.82) is 0 Å². The maximum atomic E-state index is 11.1. The van der Waals surface area contributed by atoms with Crippen molar-refractivity contribution in [1.82, 2.24) is 0 Å². The Labute approximate surface area is 118 Å². The van der Waals surface area contributed by atoms with Crippen molar-refractivity contribution < 1.29 is 9.90 Å². The fourth-order valence-electron chi connectivity index (χ4n) is 2.24. The molecule has 0 saturated heterocycles. The van der Waals surface area contributed by atoms with E-state index in [-0.39, 0.29) is 12.6 Å². The van der Waals surface area contributed by atoms with E-state index in [1.807, 2.05) is 55.5 Å². The van der Waals surface area contributed by atoms with Crippen molar-refractivity contribution in [2.45, 2.75) is 13.0 Å². The van der Waals surface area contributed by atoms with Gasteiger partial charge in [-0.3, -0.25) is 4.79 Å². The van der Waals surface area contributed by atoms with Crippen molar-refractivity contribution in [2.75, 3.05) is 17.2 Å². The second-order valence-corrected chi connectivity index (χ2v) is 4.67. The molecule has 2 aromatic carbocycles. The van der Waals surface area contributed by atoms with Gasteiger partial charge in [-0.15, -0.1) is 0 Å². The quantitative estimate of drug-likeness (QED) is 0.820. The topological polar surface area (TPSA) is 66.6 Å². The predicted octanol–water partition coefficient (Wildman–Crippen LogP) is 2.92. The van der Waals surface area contributed by atoms with Crippen LogP contribution in [0.2, 0.25) is 0 Å². The number of hydrogen-bond acceptors (Lipinski definition) is 3. The lowest BCUT2D eigenvalue weighted by Crippen LogP contribution is -2.32. The summed E-state index contributed by atoms with van der Waals surface area (Å²) in [5, 5.41) is 9.15. The average molecular weight is 270 g/mol. The van der Waals surface area contributed by atoms with Crippen LogP contribution in [0.1, 0.15) is 18.5 Å². The Bertz CT molecular complexity index is 584. The molecule has 104 valence electrons. The number of nitrogens with zero attached hydrogens (tertiary/aromatic N) is 1. The summed E-state index contributed by atoms with van der Waals surface area (Å²) < 4.78 is 0. The Morgan fingerprint density at radius 2 is 1.75 bits per heavy atom. The molecule has 0 aliphatic rings. The molecular formula is C16H18N2O2. The Kier molecular flexibility index (Phi) is 4.25. The summed E-state index contributed by atoms with van der Waals surface area (Å²) >= 11 is 0. The van der Waals surface area contributed by atoms with Crippen LogP contribution in [0.3, 0.4) is 0 Å². The number of hydrogen-bond donors (Lipinski definition) is 2. The van der Waals surface area contributed by atoms with Crippen molar-refractivity contribution in [3.8, 4) is 0 Å². The van der Waals surface area contributed by atoms with Gasteiger partial charge in [-0.1, -0.05) is 42.5 Å². The van der Waals surface area contributed by atoms with Gasteiger partial charge < -0.3 is 15.7 Å². The van der Waals surface area contributed by atoms with Gasteiger partial charge in [-0.2, -0.15) is 0 Å². The van der Waals surface area contributed by atoms with E-state index in [1.54, 1.807) is 11.0 Å². The number of carboxylic acid groups (broad SMARTS) is 1. The van der Waals surface area contributed by atoms with Crippen LogP contribution >= 0.6 is 0 Å². The third kappa shape index (κ3) is 3.09. The van der Waals surface area contributed by atoms with E-state index in [2.05, 4.69) is 0 Å². The first-order valence-corrected chi connectivity index (χ1v) is 6.47. The van der Waals surface area contributed by atoms with Crippen molar-refractivity contribution in [2.24, 2.45) is 0 Å². The molecule has 3 N–H and O–H groups in total. The Morgan fingerprint density at radius 1 is 1.15 bits per heavy atom. The minimum atomic E-state index is -0.879. The largest absolute Gasteiger partial charge is 0.480 e. The summed E-state index contributed by atoms with van der Waals surface area (Å²) in [6, 6.07) is 17.0. The molecule has 4 nitrogen and oxygen atoms in total. The average Bonchev–Trinajstić information content (AvgIpc) is 2.46. The van der Waals surface area contributed by atoms with Crippen LogP contribution in [0.4, 0.5) is 11.4 Å². The molecule has 0 fully saturated rings. The zero-order valence-corrected chi connectivity index (χ0v) is 11.4. The molecule has 1 atom stereocenters. The number of carbonyl (C=O) groups is 1. The SMILES string of the molecule is CC(c1ccccc1)N(CC(=O)O)c1ccccc1N. The van der Waals surface area contributed by atoms with Crippen LogP contribution in [0, 0.1) is 0 Å². The van der Waals surface area contributed by atoms with Gasteiger partial charge in [0.25, 0.3) is 0 Å². The fraction of sp³-hybridized carbons (Fsp3) is 0.188. The standard InChI is InChI=1S/C16H18N2O2/c1-12(13-7-3-2-4-8-13)18(11-16(19)20)15-10-6-5-9-14(15)17/h2-10,12H,11,17H2,1H3,(H,19,20). The van der Waals surface area contributed by atoms with E-state index in [0.29, 0.717) is 5.69 Å². The summed E-state index contributed by atoms with van der Waals surface area (Å²) in [7, 11) is 0. The predicted molar refractivity (Wildman–Crippen MR) is 80.7 cm³/mol. The van der Waals surface area contributed by atoms with Crippen LogP contribution in [0.5, 0.6) is 0 Å². The van der Waals surface area contributed by atoms with Crippen LogP contribution in [-0.2, 0) is 4.79 Å². The summed E-state index contributed by atoms with van der Waals surface area (Å²) in [5.74, 6) is -0.879. The first-order chi connectivity index (χ1) is 9.59. The maximum Gasteiger partial charge on any atom is 0.323 e. The smallest absolute Gasteiger partial charge is 0.323 e. The van der Waals surface area contributed by atoms with Gasteiger partial charge in [-0.25, -0.2) is 0 Å². The van der Waals surface area contributed by atoms with Gasteiger partial charge in [0, 0.05) is 0 Å². The maximum absolute atomic E-state index is 11.1. The van der Waals surface area contributed by atoms with Crippen molar-refractivity contribution in [3.63, 3.8) is 0 Å². The summed E-state index contributed by atoms with van der Waals surface area (Å²) in [4.78, 5) is 12.9. The van der Waals surface area contributed by atoms with E-state index in [4.69, 9.17) is 10.8 Å². The number of benzene rings is 2. The molecule has 2 aromatic rings. The first kappa shape index (κ1) is 13.9. The molecule has 0 heterocycles. The van der Waals surface area contributed by atoms with Crippen LogP contribution in [0.25, 0.3) is 0 Å². The van der Waals surface area contributed by atoms with Crippen LogP contribution < -0.4 is 10.6 Å². The molecule has 0 radical (unpaired) electrons. The third-order valence-electron chi connectivity index (χ3n) is 3.30. The van der Waals surface area contributed by atoms with Crippen molar-refractivity contribution in [3.05, 3.63) is 60.2 Å². The minimum absolute atomic E-state index is 0.0722. The summed E-state index contributed by atoms with van der Waals surface area (Å²) in [5.41, 5.74) is 8.35. The molecule has 20 heavy (non-hydrogen) atoms. The van der Waals surface area contributed by atoms with Crippen molar-refractivity contribution >= 4 is 17.3 Å². The monoisotopic (exact) mass is 270 g/mol. The van der Waals surface area contributed by atoms with Gasteiger partial charge >= 0.3 is 5.97 Å². The lowest BCUT2D eigenvalue weighted by atomic mass is 10.1. The number of rotatable bonds is 5. The van der Waals surface area contributed by atoms with E-state index in [1.165, 1.54) is 0 Å². The highest BCUT2D eigenvalue weighted by Crippen LogP contribution is 2.30. The first-order valence-electron chi connectivity index (χ1n) is 6.47. The lowest BCUT2D eigenvalue weighted by molar-refractivity contribution is -0.135. The molecule has 0 aliphatic carbocycles. The van der Waals surface area contributed by atoms with Gasteiger partial charge in [0.15, 0.2) is 0 Å². The number of nitrogen functional groups attached to an aromatic ring is 1. The fourth-order valence-corrected chi connectivity index (χ4v) is 2.24. The molecule has 0 bridgehead atoms. The van der Waals surface area contributed by atoms with E-state index >= 15 is 0 Å². The molecule has 0 aromatic heterocycles. The van der Waals surface area contributed by atoms with E-state index in [9.17, 15) is 4.79 Å². The number of nitrogens with two attached hydrogens (primary N) is 1. The van der Waals surface area contributed by atoms with Crippen LogP contribution in [-0.4, -0.2) is 17.6 Å². The van der Waals surface area contributed by atoms with Gasteiger partial charge in [0.1, 0.15) is 6.54 Å². The van der Waals surface area contributed by atoms with Gasteiger partial charge in [-0.05, 0) is 24.6 Å². The van der Waals surface area contributed by atoms with Gasteiger partial charge in [0.05, 0.1) is 17.4 Å². The number of aliphatic carboxylic acids is 1. The Hall–Kier alpha value is -2.49. The molecular weight excluding hydrogens is 252 g/mol. The van der Waals surface area contributed by atoms with E-state index in [0.717, 1.165) is 11.3 Å². The van der Waals surface area contributed by atoms with E-state index < -0.39 is 5.97 Å². The summed E-state index contributed by atoms with van der Waals surface area (Å²) in [6.07, 6.45) is 0. The molecule has 0 amide bonds. The molecule has 1 unspecified atom stereocenters. The highest BCUT2D eigenvalue weighted by atomic mass is 16.4. The zero-order valence-electron chi connectivity index (χ0n) is 11.4. The Morgan fingerprint density at radius 3 is 2.35 bits per heavy atom. The second kappa shape index (κ2) is 6.10. The molecule has 2 rings (SSSR count). The highest BCUT2D eigenvalue weighted by Gasteiger charge is 2.20. The highest BCUT2D eigenvalue weighted by molar-refractivity contribution is 5.77. The van der Waals surface area contributed by atoms with Gasteiger partial charge in [0.2, 0.25) is 0 Å². The second-order valence-electron chi connectivity index (χ2n) is 4.67. The molecule has 4 heteroatoms. The zero-order chi connectivity index (χ0) is 14.5. The van der Waals surface area contributed by atoms with Crippen LogP contribution in [0.15, 0.2) is 54.6 Å². The normalized spacial score (nSPS) is 11.8.